The topological polar surface area (TPSA) is 43.0 Å². The molecule has 0 spiro atoms. The molecule has 0 aromatic carbocycles. The van der Waals surface area contributed by atoms with Gasteiger partial charge < -0.3 is 4.55 Å². The summed E-state index contributed by atoms with van der Waals surface area (Å²) in [4.78, 5) is 0. The van der Waals surface area contributed by atoms with E-state index >= 15 is 0 Å². The Bertz CT molecular complexity index is 254. The molecule has 0 bridgehead atoms. The van der Waals surface area contributed by atoms with Gasteiger partial charge in [0.05, 0.1) is 11.8 Å². The van der Waals surface area contributed by atoms with Crippen LogP contribution in [-0.4, -0.2) is 24.9 Å². The summed E-state index contributed by atoms with van der Waals surface area (Å²) >= 11 is -8.07. The van der Waals surface area contributed by atoms with E-state index in [2.05, 4.69) is 0 Å². The fraction of sp³-hybridized carbons (Fsp3) is 1.00. The van der Waals surface area contributed by atoms with E-state index in [-0.39, 0.29) is 0 Å². The molecule has 0 aromatic rings. The Hall–Kier alpha value is 0.410. The van der Waals surface area contributed by atoms with Crippen molar-refractivity contribution in [2.24, 2.45) is 0 Å². The third-order valence-electron chi connectivity index (χ3n) is 0.911. The first-order valence-corrected chi connectivity index (χ1v) is 6.04. The summed E-state index contributed by atoms with van der Waals surface area (Å²) in [7, 11) is 0. The highest BCUT2D eigenvalue weighted by Gasteiger charge is 2.65. The highest BCUT2D eigenvalue weighted by atomic mass is 32.3. The van der Waals surface area contributed by atoms with Crippen molar-refractivity contribution in [3.63, 3.8) is 0 Å². The highest BCUT2D eigenvalue weighted by Crippen LogP contribution is 2.54. The third kappa shape index (κ3) is 6.22. The molecular formula is C4HF8O2S3. The van der Waals surface area contributed by atoms with E-state index < -0.39 is 55.1 Å². The summed E-state index contributed by atoms with van der Waals surface area (Å²) in [5.41, 5.74) is -11.3. The fourth-order valence-corrected chi connectivity index (χ4v) is 3.70. The van der Waals surface area contributed by atoms with Crippen LogP contribution in [0.4, 0.5) is 35.1 Å². The smallest absolute Gasteiger partial charge is 0.577 e. The fourth-order valence-electron chi connectivity index (χ4n) is 0.498. The zero-order chi connectivity index (χ0) is 14.1. The minimum atomic E-state index is -5.82. The van der Waals surface area contributed by atoms with E-state index in [9.17, 15) is 44.8 Å². The van der Waals surface area contributed by atoms with Gasteiger partial charge in [-0.15, -0.1) is 18.3 Å². The number of rotatable bonds is 4. The molecule has 1 radical (unpaired) electrons. The number of hydrogen-bond donors (Lipinski definition) is 0. The van der Waals surface area contributed by atoms with Crippen molar-refractivity contribution in [2.45, 2.75) is 20.4 Å². The Balaban J connectivity index is 5.10. The zero-order valence-corrected chi connectivity index (χ0v) is 9.59. The molecule has 2 unspecified atom stereocenters. The number of alkyl halides is 8. The van der Waals surface area contributed by atoms with Crippen LogP contribution in [0.2, 0.25) is 0 Å². The standard InChI is InChI=1S/C4HF8O2S3/c5-1(6)15-4(13,16-2(7,8)9)17(14)3(10,11)12/h1H. The molecule has 0 aliphatic carbocycles. The van der Waals surface area contributed by atoms with E-state index in [0.29, 0.717) is 0 Å². The van der Waals surface area contributed by atoms with Crippen molar-refractivity contribution in [3.8, 4) is 0 Å². The molecule has 0 N–H and O–H groups in total. The first kappa shape index (κ1) is 17.4. The largest absolute Gasteiger partial charge is 0.605 e. The Morgan fingerprint density at radius 1 is 1.06 bits per heavy atom. The summed E-state index contributed by atoms with van der Waals surface area (Å²) in [6, 6.07) is 0. The molecule has 0 rings (SSSR count). The second-order valence-electron chi connectivity index (χ2n) is 2.14. The van der Waals surface area contributed by atoms with Gasteiger partial charge in [0.2, 0.25) is 0 Å². The van der Waals surface area contributed by atoms with Crippen LogP contribution in [0.5, 0.6) is 0 Å². The zero-order valence-electron chi connectivity index (χ0n) is 7.14. The predicted molar refractivity (Wildman–Crippen MR) is 44.9 cm³/mol. The van der Waals surface area contributed by atoms with Gasteiger partial charge >= 0.3 is 14.6 Å². The molecule has 103 valence electrons. The van der Waals surface area contributed by atoms with Crippen LogP contribution >= 0.6 is 23.5 Å². The predicted octanol–water partition coefficient (Wildman–Crippen LogP) is 3.51. The maximum atomic E-state index is 11.8. The Labute approximate surface area is 100 Å². The van der Waals surface area contributed by atoms with E-state index in [1.165, 1.54) is 0 Å². The first-order valence-electron chi connectivity index (χ1n) is 3.20. The van der Waals surface area contributed by atoms with Crippen LogP contribution in [0.15, 0.2) is 0 Å². The molecule has 0 aromatic heterocycles. The molecule has 13 heteroatoms. The van der Waals surface area contributed by atoms with Crippen molar-refractivity contribution in [3.05, 3.63) is 0 Å². The van der Waals surface area contributed by atoms with Gasteiger partial charge in [0, 0.05) is 11.8 Å². The van der Waals surface area contributed by atoms with Crippen LogP contribution in [0, 0.1) is 0 Å². The first-order chi connectivity index (χ1) is 7.28. The van der Waals surface area contributed by atoms with Crippen LogP contribution in [-0.2, 0) is 16.3 Å². The van der Waals surface area contributed by atoms with Crippen molar-refractivity contribution < 1.29 is 44.8 Å². The lowest BCUT2D eigenvalue weighted by molar-refractivity contribution is -0.0498. The van der Waals surface area contributed by atoms with Crippen LogP contribution in [0.1, 0.15) is 0 Å². The number of hydrogen-bond acceptors (Lipinski definition) is 3. The Morgan fingerprint density at radius 2 is 1.47 bits per heavy atom. The quantitative estimate of drug-likeness (QED) is 0.450. The molecule has 0 amide bonds. The van der Waals surface area contributed by atoms with Crippen molar-refractivity contribution in [1.29, 1.82) is 0 Å². The average molecular weight is 329 g/mol. The van der Waals surface area contributed by atoms with E-state index in [0.717, 1.165) is 0 Å². The van der Waals surface area contributed by atoms with Gasteiger partial charge in [-0.3, -0.25) is 0 Å². The number of thioether (sulfide) groups is 2. The molecule has 2 atom stereocenters. The molecule has 2 nitrogen and oxygen atoms in total. The van der Waals surface area contributed by atoms with Gasteiger partial charge in [0.15, 0.2) is 0 Å². The monoisotopic (exact) mass is 329 g/mol. The summed E-state index contributed by atoms with van der Waals surface area (Å²) in [6.07, 6.45) is 0. The lowest BCUT2D eigenvalue weighted by atomic mass is 11.5. The van der Waals surface area contributed by atoms with Gasteiger partial charge in [0.1, 0.15) is 11.2 Å². The second-order valence-corrected chi connectivity index (χ2v) is 6.90. The molecule has 0 saturated carbocycles. The molecule has 17 heavy (non-hydrogen) atoms. The Kier molecular flexibility index (Phi) is 5.72. The maximum Gasteiger partial charge on any atom is 0.577 e. The van der Waals surface area contributed by atoms with Gasteiger partial charge in [-0.2, -0.15) is 22.0 Å². The SMILES string of the molecule is [O]C(SC(F)F)(SC(F)(F)F)[S+]([O-])C(F)(F)F. The third-order valence-corrected chi connectivity index (χ3v) is 4.72. The summed E-state index contributed by atoms with van der Waals surface area (Å²) < 4.78 is 100. The normalized spacial score (nSPS) is 19.2. The Morgan fingerprint density at radius 3 is 1.71 bits per heavy atom. The minimum Gasteiger partial charge on any atom is -0.605 e. The molecule has 0 heterocycles. The summed E-state index contributed by atoms with van der Waals surface area (Å²) in [5, 5.41) is 11.0. The van der Waals surface area contributed by atoms with Crippen molar-refractivity contribution in [1.82, 2.24) is 0 Å². The lowest BCUT2D eigenvalue weighted by Crippen LogP contribution is -2.42. The van der Waals surface area contributed by atoms with E-state index in [1.54, 1.807) is 0 Å². The minimum absolute atomic E-state index is 1.50. The van der Waals surface area contributed by atoms with E-state index in [4.69, 9.17) is 0 Å². The van der Waals surface area contributed by atoms with Gasteiger partial charge in [-0.05, 0) is 0 Å². The van der Waals surface area contributed by atoms with Gasteiger partial charge in [0.25, 0.3) is 5.76 Å². The lowest BCUT2D eigenvalue weighted by Gasteiger charge is -2.26. The molecule has 0 aliphatic rings. The molecule has 0 fully saturated rings. The molecule has 0 aliphatic heterocycles. The van der Waals surface area contributed by atoms with Crippen molar-refractivity contribution in [2.75, 3.05) is 0 Å². The van der Waals surface area contributed by atoms with Crippen LogP contribution in [0.3, 0.4) is 0 Å². The summed E-state index contributed by atoms with van der Waals surface area (Å²) in [6.45, 7) is 0. The van der Waals surface area contributed by atoms with Gasteiger partial charge in [-0.25, -0.2) is 0 Å². The second kappa shape index (κ2) is 5.59. The average Bonchev–Trinajstić information content (AvgIpc) is 1.95. The maximum absolute atomic E-state index is 11.8. The van der Waals surface area contributed by atoms with E-state index in [1.807, 2.05) is 0 Å². The number of halogens is 8. The van der Waals surface area contributed by atoms with Gasteiger partial charge in [-0.1, -0.05) is 0 Å². The van der Waals surface area contributed by atoms with Crippen LogP contribution < -0.4 is 0 Å². The molecule has 0 saturated heterocycles. The summed E-state index contributed by atoms with van der Waals surface area (Å²) in [5.74, 6) is -3.83. The van der Waals surface area contributed by atoms with Crippen LogP contribution in [0.25, 0.3) is 0 Å². The molecular weight excluding hydrogens is 328 g/mol. The van der Waals surface area contributed by atoms with Crippen molar-refractivity contribution >= 4 is 34.7 Å². The highest BCUT2D eigenvalue weighted by molar-refractivity contribution is 8.31.